The van der Waals surface area contributed by atoms with E-state index in [0.29, 0.717) is 6.04 Å². The maximum atomic E-state index is 3.36. The van der Waals surface area contributed by atoms with Crippen LogP contribution in [0.2, 0.25) is 0 Å². The van der Waals surface area contributed by atoms with Crippen molar-refractivity contribution in [2.75, 3.05) is 7.05 Å². The maximum absolute atomic E-state index is 3.36. The Hall–Kier alpha value is -0.820. The predicted octanol–water partition coefficient (Wildman–Crippen LogP) is 3.17. The second-order valence-corrected chi connectivity index (χ2v) is 4.38. The molecule has 0 bridgehead atoms. The van der Waals surface area contributed by atoms with Gasteiger partial charge >= 0.3 is 0 Å². The van der Waals surface area contributed by atoms with Crippen LogP contribution in [0, 0.1) is 12.8 Å². The minimum atomic E-state index is 0.592. The fourth-order valence-electron chi connectivity index (χ4n) is 2.03. The van der Waals surface area contributed by atoms with Gasteiger partial charge in [0.1, 0.15) is 0 Å². The van der Waals surface area contributed by atoms with Gasteiger partial charge in [-0.05, 0) is 44.4 Å². The molecule has 1 aromatic carbocycles. The van der Waals surface area contributed by atoms with Gasteiger partial charge < -0.3 is 5.32 Å². The summed E-state index contributed by atoms with van der Waals surface area (Å²) >= 11 is 0. The van der Waals surface area contributed by atoms with Crippen LogP contribution in [0.4, 0.5) is 0 Å². The van der Waals surface area contributed by atoms with E-state index in [2.05, 4.69) is 50.4 Å². The molecule has 84 valence electrons. The van der Waals surface area contributed by atoms with Gasteiger partial charge in [0.05, 0.1) is 0 Å². The first-order valence-electron chi connectivity index (χ1n) is 5.90. The Kier molecular flexibility index (Phi) is 4.83. The molecule has 0 heterocycles. The van der Waals surface area contributed by atoms with Crippen LogP contribution in [0.15, 0.2) is 24.3 Å². The lowest BCUT2D eigenvalue weighted by Gasteiger charge is -2.23. The zero-order valence-corrected chi connectivity index (χ0v) is 10.4. The van der Waals surface area contributed by atoms with Crippen LogP contribution < -0.4 is 5.32 Å². The highest BCUT2D eigenvalue weighted by Gasteiger charge is 2.14. The Morgan fingerprint density at radius 2 is 1.93 bits per heavy atom. The van der Waals surface area contributed by atoms with Crippen molar-refractivity contribution in [2.24, 2.45) is 5.92 Å². The van der Waals surface area contributed by atoms with E-state index in [1.54, 1.807) is 0 Å². The minimum absolute atomic E-state index is 0.592. The molecule has 2 atom stereocenters. The van der Waals surface area contributed by atoms with E-state index in [-0.39, 0.29) is 0 Å². The molecule has 0 aliphatic carbocycles. The zero-order chi connectivity index (χ0) is 11.3. The van der Waals surface area contributed by atoms with Crippen LogP contribution in [0.3, 0.4) is 0 Å². The van der Waals surface area contributed by atoms with Crippen molar-refractivity contribution in [1.29, 1.82) is 0 Å². The van der Waals surface area contributed by atoms with E-state index in [9.17, 15) is 0 Å². The van der Waals surface area contributed by atoms with Gasteiger partial charge in [-0.15, -0.1) is 0 Å². The highest BCUT2D eigenvalue weighted by Crippen LogP contribution is 2.18. The van der Waals surface area contributed by atoms with Crippen LogP contribution in [0.25, 0.3) is 0 Å². The number of benzene rings is 1. The maximum Gasteiger partial charge on any atom is 0.00670 e. The highest BCUT2D eigenvalue weighted by molar-refractivity contribution is 5.26. The molecule has 1 rings (SSSR count). The lowest BCUT2D eigenvalue weighted by Crippen LogP contribution is -2.31. The molecule has 15 heavy (non-hydrogen) atoms. The Morgan fingerprint density at radius 3 is 2.47 bits per heavy atom. The lowest BCUT2D eigenvalue weighted by molar-refractivity contribution is 0.381. The summed E-state index contributed by atoms with van der Waals surface area (Å²) in [5.74, 6) is 0.732. The Bertz CT molecular complexity index is 293. The average Bonchev–Trinajstić information content (AvgIpc) is 2.27. The predicted molar refractivity (Wildman–Crippen MR) is 67.2 cm³/mol. The molecule has 0 amide bonds. The number of nitrogens with one attached hydrogen (secondary N) is 1. The van der Waals surface area contributed by atoms with E-state index < -0.39 is 0 Å². The van der Waals surface area contributed by atoms with Gasteiger partial charge in [-0.2, -0.15) is 0 Å². The third kappa shape index (κ3) is 3.35. The van der Waals surface area contributed by atoms with E-state index in [0.717, 1.165) is 5.92 Å². The van der Waals surface area contributed by atoms with Gasteiger partial charge in [0, 0.05) is 6.04 Å². The molecular formula is C14H23N. The van der Waals surface area contributed by atoms with Crippen molar-refractivity contribution in [3.63, 3.8) is 0 Å². The normalized spacial score (nSPS) is 14.9. The van der Waals surface area contributed by atoms with Gasteiger partial charge in [0.2, 0.25) is 0 Å². The van der Waals surface area contributed by atoms with E-state index >= 15 is 0 Å². The van der Waals surface area contributed by atoms with Crippen molar-refractivity contribution in [3.05, 3.63) is 35.4 Å². The third-order valence-electron chi connectivity index (χ3n) is 3.43. The molecule has 0 saturated heterocycles. The van der Waals surface area contributed by atoms with Crippen molar-refractivity contribution >= 4 is 0 Å². The van der Waals surface area contributed by atoms with Gasteiger partial charge in [0.15, 0.2) is 0 Å². The van der Waals surface area contributed by atoms with Gasteiger partial charge in [0.25, 0.3) is 0 Å². The monoisotopic (exact) mass is 205 g/mol. The molecule has 1 N–H and O–H groups in total. The quantitative estimate of drug-likeness (QED) is 0.778. The van der Waals surface area contributed by atoms with E-state index in [1.807, 2.05) is 7.05 Å². The Balaban J connectivity index is 2.71. The van der Waals surface area contributed by atoms with Crippen molar-refractivity contribution in [1.82, 2.24) is 5.32 Å². The van der Waals surface area contributed by atoms with Crippen LogP contribution >= 0.6 is 0 Å². The zero-order valence-electron chi connectivity index (χ0n) is 10.4. The van der Waals surface area contributed by atoms with Crippen molar-refractivity contribution < 1.29 is 0 Å². The van der Waals surface area contributed by atoms with E-state index in [4.69, 9.17) is 0 Å². The molecule has 0 aliphatic rings. The standard InChI is InChI=1S/C14H23N/c1-5-13(12(3)15-4)10-14-9-7-6-8-11(14)2/h6-9,12-13,15H,5,10H2,1-4H3. The molecule has 0 aliphatic heterocycles. The van der Waals surface area contributed by atoms with E-state index in [1.165, 1.54) is 24.0 Å². The van der Waals surface area contributed by atoms with Crippen molar-refractivity contribution in [3.8, 4) is 0 Å². The van der Waals surface area contributed by atoms with Crippen LogP contribution in [-0.2, 0) is 6.42 Å². The second kappa shape index (κ2) is 5.92. The Morgan fingerprint density at radius 1 is 1.27 bits per heavy atom. The molecule has 1 aromatic rings. The summed E-state index contributed by atoms with van der Waals surface area (Å²) in [5.41, 5.74) is 2.91. The molecule has 2 unspecified atom stereocenters. The van der Waals surface area contributed by atoms with Gasteiger partial charge in [-0.25, -0.2) is 0 Å². The molecule has 0 radical (unpaired) electrons. The summed E-state index contributed by atoms with van der Waals surface area (Å²) in [6.45, 7) is 6.75. The fraction of sp³-hybridized carbons (Fsp3) is 0.571. The summed E-state index contributed by atoms with van der Waals surface area (Å²) < 4.78 is 0. The largest absolute Gasteiger partial charge is 0.317 e. The molecule has 0 saturated carbocycles. The van der Waals surface area contributed by atoms with Crippen LogP contribution in [0.1, 0.15) is 31.4 Å². The molecule has 0 aromatic heterocycles. The fourth-order valence-corrected chi connectivity index (χ4v) is 2.03. The second-order valence-electron chi connectivity index (χ2n) is 4.38. The minimum Gasteiger partial charge on any atom is -0.317 e. The van der Waals surface area contributed by atoms with Gasteiger partial charge in [-0.3, -0.25) is 0 Å². The molecule has 0 fully saturated rings. The lowest BCUT2D eigenvalue weighted by atomic mass is 9.89. The summed E-state index contributed by atoms with van der Waals surface area (Å²) in [5, 5.41) is 3.36. The highest BCUT2D eigenvalue weighted by atomic mass is 14.9. The first kappa shape index (κ1) is 12.3. The topological polar surface area (TPSA) is 12.0 Å². The molecular weight excluding hydrogens is 182 g/mol. The molecule has 1 nitrogen and oxygen atoms in total. The van der Waals surface area contributed by atoms with Crippen LogP contribution in [-0.4, -0.2) is 13.1 Å². The third-order valence-corrected chi connectivity index (χ3v) is 3.43. The first-order chi connectivity index (χ1) is 7.19. The molecule has 1 heteroatoms. The summed E-state index contributed by atoms with van der Waals surface area (Å²) in [6, 6.07) is 9.29. The van der Waals surface area contributed by atoms with Crippen LogP contribution in [0.5, 0.6) is 0 Å². The summed E-state index contributed by atoms with van der Waals surface area (Å²) in [7, 11) is 2.05. The van der Waals surface area contributed by atoms with Gasteiger partial charge in [-0.1, -0.05) is 37.6 Å². The number of aryl methyl sites for hydroxylation is 1. The number of hydrogen-bond donors (Lipinski definition) is 1. The number of hydrogen-bond acceptors (Lipinski definition) is 1. The Labute approximate surface area is 93.9 Å². The average molecular weight is 205 g/mol. The molecule has 0 spiro atoms. The smallest absolute Gasteiger partial charge is 0.00670 e. The SMILES string of the molecule is CCC(Cc1ccccc1C)C(C)NC. The number of rotatable bonds is 5. The summed E-state index contributed by atoms with van der Waals surface area (Å²) in [4.78, 5) is 0. The first-order valence-corrected chi connectivity index (χ1v) is 5.90. The summed E-state index contributed by atoms with van der Waals surface area (Å²) in [6.07, 6.45) is 2.42. The van der Waals surface area contributed by atoms with Crippen molar-refractivity contribution in [2.45, 2.75) is 39.7 Å².